The van der Waals surface area contributed by atoms with Gasteiger partial charge in [-0.3, -0.25) is 9.59 Å². The van der Waals surface area contributed by atoms with Gasteiger partial charge in [0, 0.05) is 36.3 Å². The standard InChI is InChI=1S/C23H25N3O3/c24-22(28)20-16-19(26-12-3-1-4-13-26)10-11-21(20)25-23(29)18-9-6-8-17(15-18)7-2-5-14-27/h6,8-11,15-16,27H,1,3-5,12-14H2,(H2,24,28)(H,25,29). The zero-order valence-corrected chi connectivity index (χ0v) is 16.3. The summed E-state index contributed by atoms with van der Waals surface area (Å²) >= 11 is 0. The summed E-state index contributed by atoms with van der Waals surface area (Å²) in [6.07, 6.45) is 3.85. The number of primary amides is 1. The van der Waals surface area contributed by atoms with Crippen molar-refractivity contribution in [3.8, 4) is 11.8 Å². The number of piperidine rings is 1. The maximum Gasteiger partial charge on any atom is 0.255 e. The van der Waals surface area contributed by atoms with E-state index in [-0.39, 0.29) is 12.5 Å². The van der Waals surface area contributed by atoms with E-state index >= 15 is 0 Å². The fraction of sp³-hybridized carbons (Fsp3) is 0.304. The van der Waals surface area contributed by atoms with Gasteiger partial charge in [-0.15, -0.1) is 0 Å². The first kappa shape index (κ1) is 20.4. The van der Waals surface area contributed by atoms with Crippen LogP contribution >= 0.6 is 0 Å². The Bertz CT molecular complexity index is 953. The predicted octanol–water partition coefficient (Wildman–Crippen LogP) is 2.76. The molecule has 0 atom stereocenters. The van der Waals surface area contributed by atoms with Crippen LogP contribution in [0, 0.1) is 11.8 Å². The van der Waals surface area contributed by atoms with Crippen molar-refractivity contribution in [1.29, 1.82) is 0 Å². The van der Waals surface area contributed by atoms with Gasteiger partial charge in [0.15, 0.2) is 0 Å². The van der Waals surface area contributed by atoms with E-state index in [1.165, 1.54) is 6.42 Å². The highest BCUT2D eigenvalue weighted by Crippen LogP contribution is 2.26. The normalized spacial score (nSPS) is 13.3. The van der Waals surface area contributed by atoms with Gasteiger partial charge >= 0.3 is 0 Å². The van der Waals surface area contributed by atoms with E-state index in [1.807, 2.05) is 6.07 Å². The molecular formula is C23H25N3O3. The number of nitrogens with zero attached hydrogens (tertiary/aromatic N) is 1. The summed E-state index contributed by atoms with van der Waals surface area (Å²) in [5.41, 5.74) is 8.30. The lowest BCUT2D eigenvalue weighted by Crippen LogP contribution is -2.29. The largest absolute Gasteiger partial charge is 0.395 e. The molecule has 2 amide bonds. The van der Waals surface area contributed by atoms with Gasteiger partial charge in [0.25, 0.3) is 11.8 Å². The molecule has 1 fully saturated rings. The van der Waals surface area contributed by atoms with Gasteiger partial charge in [-0.1, -0.05) is 17.9 Å². The number of nitrogens with two attached hydrogens (primary N) is 1. The average molecular weight is 391 g/mol. The fourth-order valence-electron chi connectivity index (χ4n) is 3.35. The van der Waals surface area contributed by atoms with Crippen LogP contribution in [0.5, 0.6) is 0 Å². The third-order valence-electron chi connectivity index (χ3n) is 4.83. The number of amides is 2. The van der Waals surface area contributed by atoms with Crippen molar-refractivity contribution in [2.24, 2.45) is 5.73 Å². The van der Waals surface area contributed by atoms with Crippen LogP contribution in [-0.4, -0.2) is 36.6 Å². The molecule has 0 unspecified atom stereocenters. The third kappa shape index (κ3) is 5.37. The second kappa shape index (κ2) is 9.76. The minimum absolute atomic E-state index is 0.00348. The smallest absolute Gasteiger partial charge is 0.255 e. The summed E-state index contributed by atoms with van der Waals surface area (Å²) in [7, 11) is 0. The summed E-state index contributed by atoms with van der Waals surface area (Å²) in [5, 5.41) is 11.6. The number of aliphatic hydroxyl groups excluding tert-OH is 1. The Morgan fingerprint density at radius 1 is 1.10 bits per heavy atom. The first-order valence-corrected chi connectivity index (χ1v) is 9.78. The molecule has 0 spiro atoms. The van der Waals surface area contributed by atoms with E-state index in [2.05, 4.69) is 22.1 Å². The zero-order valence-electron chi connectivity index (χ0n) is 16.3. The molecule has 1 heterocycles. The molecular weight excluding hydrogens is 366 g/mol. The summed E-state index contributed by atoms with van der Waals surface area (Å²) < 4.78 is 0. The number of rotatable bonds is 5. The number of anilines is 2. The van der Waals surface area contributed by atoms with E-state index in [9.17, 15) is 9.59 Å². The van der Waals surface area contributed by atoms with Crippen LogP contribution in [0.1, 0.15) is 52.0 Å². The first-order chi connectivity index (χ1) is 14.1. The molecule has 1 aliphatic rings. The lowest BCUT2D eigenvalue weighted by Gasteiger charge is -2.29. The highest BCUT2D eigenvalue weighted by Gasteiger charge is 2.17. The second-order valence-corrected chi connectivity index (χ2v) is 6.95. The third-order valence-corrected chi connectivity index (χ3v) is 4.83. The Balaban J connectivity index is 1.80. The Labute approximate surface area is 170 Å². The summed E-state index contributed by atoms with van der Waals surface area (Å²) in [6, 6.07) is 12.3. The number of hydrogen-bond acceptors (Lipinski definition) is 4. The molecule has 6 nitrogen and oxygen atoms in total. The van der Waals surface area contributed by atoms with Gasteiger partial charge in [-0.25, -0.2) is 0 Å². The maximum atomic E-state index is 12.7. The van der Waals surface area contributed by atoms with E-state index < -0.39 is 5.91 Å². The Morgan fingerprint density at radius 2 is 1.90 bits per heavy atom. The van der Waals surface area contributed by atoms with Gasteiger partial charge in [0.2, 0.25) is 0 Å². The Morgan fingerprint density at radius 3 is 2.62 bits per heavy atom. The molecule has 1 saturated heterocycles. The molecule has 0 radical (unpaired) electrons. The second-order valence-electron chi connectivity index (χ2n) is 6.95. The SMILES string of the molecule is NC(=O)c1cc(N2CCCCC2)ccc1NC(=O)c1cccc(C#CCCO)c1. The van der Waals surface area contributed by atoms with Crippen molar-refractivity contribution in [3.05, 3.63) is 59.2 Å². The van der Waals surface area contributed by atoms with E-state index in [1.54, 1.807) is 36.4 Å². The monoisotopic (exact) mass is 391 g/mol. The molecule has 2 aromatic rings. The van der Waals surface area contributed by atoms with E-state index in [0.717, 1.165) is 31.6 Å². The molecule has 0 bridgehead atoms. The molecule has 29 heavy (non-hydrogen) atoms. The molecule has 0 aromatic heterocycles. The highest BCUT2D eigenvalue weighted by atomic mass is 16.2. The molecule has 0 saturated carbocycles. The molecule has 4 N–H and O–H groups in total. The summed E-state index contributed by atoms with van der Waals surface area (Å²) in [6.45, 7) is 1.90. The number of aliphatic hydroxyl groups is 1. The van der Waals surface area contributed by atoms with Gasteiger partial charge in [-0.2, -0.15) is 0 Å². The van der Waals surface area contributed by atoms with E-state index in [0.29, 0.717) is 28.8 Å². The predicted molar refractivity (Wildman–Crippen MR) is 114 cm³/mol. The van der Waals surface area contributed by atoms with Crippen LogP contribution in [0.25, 0.3) is 0 Å². The Hall–Kier alpha value is -3.30. The van der Waals surface area contributed by atoms with Gasteiger partial charge in [-0.05, 0) is 55.7 Å². The van der Waals surface area contributed by atoms with Crippen LogP contribution in [0.15, 0.2) is 42.5 Å². The van der Waals surface area contributed by atoms with Crippen molar-refractivity contribution < 1.29 is 14.7 Å². The quantitative estimate of drug-likeness (QED) is 0.683. The maximum absolute atomic E-state index is 12.7. The van der Waals surface area contributed by atoms with Gasteiger partial charge < -0.3 is 21.1 Å². The minimum atomic E-state index is -0.581. The van der Waals surface area contributed by atoms with Crippen LogP contribution in [-0.2, 0) is 0 Å². The zero-order chi connectivity index (χ0) is 20.6. The average Bonchev–Trinajstić information content (AvgIpc) is 2.75. The summed E-state index contributed by atoms with van der Waals surface area (Å²) in [4.78, 5) is 26.9. The van der Waals surface area contributed by atoms with Crippen LogP contribution in [0.2, 0.25) is 0 Å². The van der Waals surface area contributed by atoms with Crippen molar-refractivity contribution in [3.63, 3.8) is 0 Å². The molecule has 150 valence electrons. The van der Waals surface area contributed by atoms with Gasteiger partial charge in [0.05, 0.1) is 17.9 Å². The molecule has 3 rings (SSSR count). The van der Waals surface area contributed by atoms with Crippen molar-refractivity contribution >= 4 is 23.2 Å². The number of hydrogen-bond donors (Lipinski definition) is 3. The number of carbonyl (C=O) groups excluding carboxylic acids is 2. The Kier molecular flexibility index (Phi) is 6.88. The van der Waals surface area contributed by atoms with Gasteiger partial charge in [0.1, 0.15) is 0 Å². The fourth-order valence-corrected chi connectivity index (χ4v) is 3.35. The molecule has 6 heteroatoms. The topological polar surface area (TPSA) is 95.7 Å². The van der Waals surface area contributed by atoms with Crippen molar-refractivity contribution in [2.45, 2.75) is 25.7 Å². The van der Waals surface area contributed by atoms with Crippen LogP contribution < -0.4 is 16.0 Å². The lowest BCUT2D eigenvalue weighted by molar-refractivity contribution is 0.100. The minimum Gasteiger partial charge on any atom is -0.395 e. The van der Waals surface area contributed by atoms with Crippen molar-refractivity contribution in [2.75, 3.05) is 29.9 Å². The van der Waals surface area contributed by atoms with E-state index in [4.69, 9.17) is 10.8 Å². The highest BCUT2D eigenvalue weighted by molar-refractivity contribution is 6.09. The van der Waals surface area contributed by atoms with Crippen LogP contribution in [0.4, 0.5) is 11.4 Å². The number of carbonyl (C=O) groups is 2. The molecule has 1 aliphatic heterocycles. The lowest BCUT2D eigenvalue weighted by atomic mass is 10.1. The first-order valence-electron chi connectivity index (χ1n) is 9.78. The number of benzene rings is 2. The van der Waals surface area contributed by atoms with Crippen LogP contribution in [0.3, 0.4) is 0 Å². The molecule has 0 aliphatic carbocycles. The number of nitrogens with one attached hydrogen (secondary N) is 1. The van der Waals surface area contributed by atoms with Crippen molar-refractivity contribution in [1.82, 2.24) is 0 Å². The molecule has 2 aromatic carbocycles. The summed E-state index contributed by atoms with van der Waals surface area (Å²) in [5.74, 6) is 4.82.